The van der Waals surface area contributed by atoms with Gasteiger partial charge in [-0.25, -0.2) is 0 Å². The predicted octanol–water partition coefficient (Wildman–Crippen LogP) is 2.09. The topological polar surface area (TPSA) is 91.5 Å². The third-order valence-corrected chi connectivity index (χ3v) is 4.44. The summed E-state index contributed by atoms with van der Waals surface area (Å²) in [6.45, 7) is 3.90. The molecule has 0 aliphatic carbocycles. The summed E-state index contributed by atoms with van der Waals surface area (Å²) < 4.78 is 5.08. The third kappa shape index (κ3) is 4.36. The van der Waals surface area contributed by atoms with Gasteiger partial charge in [0, 0.05) is 37.4 Å². The molecule has 7 nitrogen and oxygen atoms in total. The van der Waals surface area contributed by atoms with Crippen molar-refractivity contribution in [2.75, 3.05) is 25.0 Å². The number of aliphatic hydroxyl groups excluding tert-OH is 1. The number of aromatic nitrogens is 2. The molecule has 3 rings (SSSR count). The third-order valence-electron chi connectivity index (χ3n) is 4.44. The van der Waals surface area contributed by atoms with Gasteiger partial charge < -0.3 is 19.8 Å². The van der Waals surface area contributed by atoms with Crippen molar-refractivity contribution in [3.05, 3.63) is 41.5 Å². The Kier molecular flexibility index (Phi) is 5.65. The summed E-state index contributed by atoms with van der Waals surface area (Å²) in [5.41, 5.74) is 1.48. The summed E-state index contributed by atoms with van der Waals surface area (Å²) in [5, 5.41) is 16.5. The Hall–Kier alpha value is -2.41. The molecule has 7 heteroatoms. The van der Waals surface area contributed by atoms with Crippen molar-refractivity contribution in [2.24, 2.45) is 5.92 Å². The lowest BCUT2D eigenvalue weighted by molar-refractivity contribution is 0.0621. The Morgan fingerprint density at radius 2 is 2.36 bits per heavy atom. The lowest BCUT2D eigenvalue weighted by Crippen LogP contribution is -2.40. The fourth-order valence-corrected chi connectivity index (χ4v) is 3.03. The van der Waals surface area contributed by atoms with Crippen LogP contribution in [-0.2, 0) is 13.0 Å². The molecule has 1 aromatic carbocycles. The largest absolute Gasteiger partial charge is 0.396 e. The van der Waals surface area contributed by atoms with Gasteiger partial charge >= 0.3 is 0 Å². The number of anilines is 1. The summed E-state index contributed by atoms with van der Waals surface area (Å²) >= 11 is 0. The number of nitrogens with zero attached hydrogens (tertiary/aromatic N) is 3. The molecule has 1 aliphatic rings. The molecular weight excluding hydrogens is 320 g/mol. The Balaban J connectivity index is 1.63. The van der Waals surface area contributed by atoms with Crippen molar-refractivity contribution in [1.82, 2.24) is 15.0 Å². The maximum atomic E-state index is 12.7. The van der Waals surface area contributed by atoms with Crippen LogP contribution in [0.2, 0.25) is 0 Å². The number of amides is 1. The van der Waals surface area contributed by atoms with Gasteiger partial charge in [0.05, 0.1) is 6.54 Å². The minimum atomic E-state index is 0.00892. The second kappa shape index (κ2) is 8.11. The molecule has 25 heavy (non-hydrogen) atoms. The maximum absolute atomic E-state index is 12.7. The van der Waals surface area contributed by atoms with Crippen molar-refractivity contribution in [1.29, 1.82) is 0 Å². The monoisotopic (exact) mass is 344 g/mol. The molecule has 0 bridgehead atoms. The molecule has 1 aliphatic heterocycles. The van der Waals surface area contributed by atoms with E-state index in [4.69, 9.17) is 4.52 Å². The minimum absolute atomic E-state index is 0.00892. The molecule has 1 aromatic heterocycles. The summed E-state index contributed by atoms with van der Waals surface area (Å²) in [4.78, 5) is 18.8. The molecule has 2 aromatic rings. The second-order valence-corrected chi connectivity index (χ2v) is 6.33. The van der Waals surface area contributed by atoms with E-state index in [-0.39, 0.29) is 18.4 Å². The van der Waals surface area contributed by atoms with E-state index in [1.807, 2.05) is 36.1 Å². The molecule has 1 amide bonds. The first-order valence-electron chi connectivity index (χ1n) is 8.75. The Morgan fingerprint density at radius 1 is 1.48 bits per heavy atom. The summed E-state index contributed by atoms with van der Waals surface area (Å²) in [5.74, 6) is 1.40. The zero-order chi connectivity index (χ0) is 17.6. The average molecular weight is 344 g/mol. The van der Waals surface area contributed by atoms with Crippen LogP contribution in [0, 0.1) is 5.92 Å². The molecule has 0 saturated carbocycles. The zero-order valence-electron chi connectivity index (χ0n) is 14.4. The normalized spacial score (nSPS) is 17.5. The lowest BCUT2D eigenvalue weighted by Gasteiger charge is -2.32. The number of carbonyl (C=O) groups excluding carboxylic acids is 1. The molecule has 1 saturated heterocycles. The number of piperidine rings is 1. The fraction of sp³-hybridized carbons (Fsp3) is 0.500. The van der Waals surface area contributed by atoms with E-state index in [9.17, 15) is 9.90 Å². The van der Waals surface area contributed by atoms with Gasteiger partial charge in [-0.3, -0.25) is 4.79 Å². The Bertz CT molecular complexity index is 716. The van der Waals surface area contributed by atoms with Crippen LogP contribution in [0.3, 0.4) is 0 Å². The standard InChI is InChI=1S/C18H24N4O3/c1-2-17-20-16(21-25-17)10-19-15-7-3-6-14(9-15)18(24)22-8-4-5-13(11-22)12-23/h3,6-7,9,13,19,23H,2,4-5,8,10-12H2,1H3. The minimum Gasteiger partial charge on any atom is -0.396 e. The maximum Gasteiger partial charge on any atom is 0.253 e. The highest BCUT2D eigenvalue weighted by Crippen LogP contribution is 2.20. The van der Waals surface area contributed by atoms with Crippen molar-refractivity contribution in [3.63, 3.8) is 0 Å². The second-order valence-electron chi connectivity index (χ2n) is 6.33. The first kappa shape index (κ1) is 17.4. The number of likely N-dealkylation sites (tertiary alicyclic amines) is 1. The van der Waals surface area contributed by atoms with Gasteiger partial charge in [-0.1, -0.05) is 18.1 Å². The highest BCUT2D eigenvalue weighted by molar-refractivity contribution is 5.95. The van der Waals surface area contributed by atoms with Gasteiger partial charge in [-0.15, -0.1) is 0 Å². The van der Waals surface area contributed by atoms with Gasteiger partial charge in [0.25, 0.3) is 5.91 Å². The number of aryl methyl sites for hydroxylation is 1. The van der Waals surface area contributed by atoms with E-state index in [0.29, 0.717) is 36.8 Å². The van der Waals surface area contributed by atoms with Crippen LogP contribution in [0.25, 0.3) is 0 Å². The van der Waals surface area contributed by atoms with Crippen molar-refractivity contribution < 1.29 is 14.4 Å². The van der Waals surface area contributed by atoms with Crippen LogP contribution in [0.4, 0.5) is 5.69 Å². The van der Waals surface area contributed by atoms with Gasteiger partial charge in [0.15, 0.2) is 5.82 Å². The van der Waals surface area contributed by atoms with Gasteiger partial charge in [-0.2, -0.15) is 4.98 Å². The van der Waals surface area contributed by atoms with E-state index in [1.54, 1.807) is 0 Å². The van der Waals surface area contributed by atoms with Crippen molar-refractivity contribution in [2.45, 2.75) is 32.7 Å². The van der Waals surface area contributed by atoms with Crippen molar-refractivity contribution >= 4 is 11.6 Å². The van der Waals surface area contributed by atoms with Crippen LogP contribution in [0.1, 0.15) is 41.8 Å². The summed E-state index contributed by atoms with van der Waals surface area (Å²) in [6.07, 6.45) is 2.63. The number of nitrogens with one attached hydrogen (secondary N) is 1. The first-order chi connectivity index (χ1) is 12.2. The first-order valence-corrected chi connectivity index (χ1v) is 8.75. The summed E-state index contributed by atoms with van der Waals surface area (Å²) in [6, 6.07) is 7.42. The van der Waals surface area contributed by atoms with Crippen LogP contribution in [-0.4, -0.2) is 45.8 Å². The predicted molar refractivity (Wildman–Crippen MR) is 93.2 cm³/mol. The molecule has 2 heterocycles. The van der Waals surface area contributed by atoms with Gasteiger partial charge in [0.2, 0.25) is 5.89 Å². The highest BCUT2D eigenvalue weighted by Gasteiger charge is 2.24. The number of carbonyl (C=O) groups is 1. The van der Waals surface area contributed by atoms with Crippen molar-refractivity contribution in [3.8, 4) is 0 Å². The van der Waals surface area contributed by atoms with E-state index in [1.165, 1.54) is 0 Å². The van der Waals surface area contributed by atoms with Crippen LogP contribution < -0.4 is 5.32 Å². The van der Waals surface area contributed by atoms with Gasteiger partial charge in [0.1, 0.15) is 0 Å². The number of rotatable bonds is 6. The molecule has 1 fully saturated rings. The number of aliphatic hydroxyl groups is 1. The highest BCUT2D eigenvalue weighted by atomic mass is 16.5. The van der Waals surface area contributed by atoms with E-state index >= 15 is 0 Å². The van der Waals surface area contributed by atoms with E-state index in [2.05, 4.69) is 15.5 Å². The average Bonchev–Trinajstić information content (AvgIpc) is 3.14. The number of hydrogen-bond acceptors (Lipinski definition) is 6. The van der Waals surface area contributed by atoms with Crippen LogP contribution in [0.15, 0.2) is 28.8 Å². The number of benzene rings is 1. The molecule has 2 N–H and O–H groups in total. The summed E-state index contributed by atoms with van der Waals surface area (Å²) in [7, 11) is 0. The smallest absolute Gasteiger partial charge is 0.253 e. The Morgan fingerprint density at radius 3 is 3.12 bits per heavy atom. The van der Waals surface area contributed by atoms with E-state index < -0.39 is 0 Å². The Labute approximate surface area is 147 Å². The molecule has 134 valence electrons. The van der Waals surface area contributed by atoms with Gasteiger partial charge in [-0.05, 0) is 37.0 Å². The lowest BCUT2D eigenvalue weighted by atomic mass is 9.98. The molecular formula is C18H24N4O3. The fourth-order valence-electron chi connectivity index (χ4n) is 3.03. The molecule has 1 unspecified atom stereocenters. The molecule has 1 atom stereocenters. The zero-order valence-corrected chi connectivity index (χ0v) is 14.4. The van der Waals surface area contributed by atoms with Crippen LogP contribution in [0.5, 0.6) is 0 Å². The van der Waals surface area contributed by atoms with Crippen LogP contribution >= 0.6 is 0 Å². The molecule has 0 spiro atoms. The van der Waals surface area contributed by atoms with E-state index in [0.717, 1.165) is 25.1 Å². The SMILES string of the molecule is CCc1nc(CNc2cccc(C(=O)N3CCCC(CO)C3)c2)no1. The number of hydrogen-bond donors (Lipinski definition) is 2. The molecule has 0 radical (unpaired) electrons. The quantitative estimate of drug-likeness (QED) is 0.834.